The number of unbranched alkanes of at least 4 members (excludes halogenated alkanes) is 18. The highest BCUT2D eigenvalue weighted by Gasteiger charge is 2.36. The summed E-state index contributed by atoms with van der Waals surface area (Å²) < 4.78 is 12.0. The molecular weight excluding hydrogens is 425 g/mol. The third-order valence-corrected chi connectivity index (χ3v) is 8.30. The van der Waals surface area contributed by atoms with Crippen molar-refractivity contribution in [2.75, 3.05) is 21.1 Å². The molecule has 0 amide bonds. The summed E-state index contributed by atoms with van der Waals surface area (Å²) in [5.41, 5.74) is 0. The van der Waals surface area contributed by atoms with Crippen LogP contribution in [0, 0.1) is 5.92 Å². The number of rotatable bonds is 24. The average Bonchev–Trinajstić information content (AvgIpc) is 2.75. The Balaban J connectivity index is 3.42. The molecule has 0 bridgehead atoms. The third-order valence-electron chi connectivity index (χ3n) is 6.91. The molecule has 0 aromatic rings. The lowest BCUT2D eigenvalue weighted by Crippen LogP contribution is -2.44. The second kappa shape index (κ2) is 22.2. The van der Waals surface area contributed by atoms with E-state index >= 15 is 0 Å². The molecule has 0 saturated carbocycles. The molecule has 0 rings (SSSR count). The predicted octanol–water partition coefficient (Wildman–Crippen LogP) is 9.14. The largest absolute Gasteiger partial charge is 0.591 e. The first-order chi connectivity index (χ1) is 15.8. The molecule has 0 aromatic carbocycles. The zero-order valence-corrected chi connectivity index (χ0v) is 24.1. The van der Waals surface area contributed by atoms with Crippen LogP contribution in [-0.2, 0) is 4.57 Å². The van der Waals surface area contributed by atoms with E-state index in [4.69, 9.17) is 0 Å². The molecule has 0 spiro atoms. The molecule has 4 heteroatoms. The van der Waals surface area contributed by atoms with E-state index in [9.17, 15) is 9.46 Å². The number of hydrogen-bond acceptors (Lipinski definition) is 2. The molecule has 0 aliphatic rings. The lowest BCUT2D eigenvalue weighted by molar-refractivity contribution is -0.883. The Morgan fingerprint density at radius 1 is 0.697 bits per heavy atom. The van der Waals surface area contributed by atoms with E-state index in [1.807, 2.05) is 21.1 Å². The Morgan fingerprint density at radius 3 is 1.39 bits per heavy atom. The fourth-order valence-corrected chi connectivity index (χ4v) is 5.66. The monoisotopic (exact) mass is 484 g/mol. The molecule has 3 nitrogen and oxygen atoms in total. The third kappa shape index (κ3) is 22.0. The number of allylic oxidation sites excluding steroid dienone is 2. The Labute approximate surface area is 209 Å². The van der Waals surface area contributed by atoms with Gasteiger partial charge in [-0.05, 0) is 18.8 Å². The summed E-state index contributed by atoms with van der Waals surface area (Å²) in [6.45, 7) is 4.42. The van der Waals surface area contributed by atoms with E-state index in [1.54, 1.807) is 0 Å². The lowest BCUT2D eigenvalue weighted by Gasteiger charge is -2.28. The van der Waals surface area contributed by atoms with Crippen molar-refractivity contribution in [2.24, 2.45) is 5.92 Å². The second-order valence-corrected chi connectivity index (χ2v) is 12.5. The summed E-state index contributed by atoms with van der Waals surface area (Å²) in [4.78, 5) is 11.5. The summed E-state index contributed by atoms with van der Waals surface area (Å²) in [6, 6.07) is 0. The van der Waals surface area contributed by atoms with Crippen LogP contribution in [0.5, 0.6) is 0 Å². The van der Waals surface area contributed by atoms with E-state index in [2.05, 4.69) is 26.0 Å². The van der Waals surface area contributed by atoms with E-state index in [0.717, 1.165) is 6.42 Å². The van der Waals surface area contributed by atoms with Gasteiger partial charge in [0.2, 0.25) is 0 Å². The van der Waals surface area contributed by atoms with Crippen LogP contribution in [-0.4, -0.2) is 31.4 Å². The van der Waals surface area contributed by atoms with Gasteiger partial charge in [0, 0.05) is 0 Å². The van der Waals surface area contributed by atoms with Crippen LogP contribution in [0.4, 0.5) is 0 Å². The van der Waals surface area contributed by atoms with E-state index in [-0.39, 0.29) is 5.78 Å². The molecule has 196 valence electrons. The van der Waals surface area contributed by atoms with Gasteiger partial charge in [-0.1, -0.05) is 140 Å². The normalized spacial score (nSPS) is 14.7. The maximum Gasteiger partial charge on any atom is 0.373 e. The quantitative estimate of drug-likeness (QED) is 0.0593. The molecule has 0 saturated heterocycles. The molecule has 0 aliphatic heterocycles. The zero-order chi connectivity index (χ0) is 24.8. The van der Waals surface area contributed by atoms with Gasteiger partial charge in [-0.15, -0.1) is 0 Å². The fourth-order valence-electron chi connectivity index (χ4n) is 4.59. The van der Waals surface area contributed by atoms with Gasteiger partial charge in [0.15, 0.2) is 0 Å². The zero-order valence-electron chi connectivity index (χ0n) is 23.2. The first-order valence-corrected chi connectivity index (χ1v) is 15.6. The molecule has 0 N–H and O–H groups in total. The van der Waals surface area contributed by atoms with Crippen molar-refractivity contribution in [2.45, 2.75) is 148 Å². The van der Waals surface area contributed by atoms with Gasteiger partial charge in [-0.3, -0.25) is 4.48 Å². The van der Waals surface area contributed by atoms with Gasteiger partial charge in [-0.2, -0.15) is 0 Å². The van der Waals surface area contributed by atoms with E-state index in [1.165, 1.54) is 116 Å². The summed E-state index contributed by atoms with van der Waals surface area (Å²) in [7, 11) is 3.50. The smallest absolute Gasteiger partial charge is 0.373 e. The molecule has 0 fully saturated rings. The summed E-state index contributed by atoms with van der Waals surface area (Å²) in [5, 5.41) is 0. The highest BCUT2D eigenvalue weighted by Crippen LogP contribution is 2.30. The standard InChI is InChI=1S/C29H59NO2P/c1-6-7-8-9-10-11-12-13-14-15-16-17-18-19-20-21-22-23-24-25-26-28(2)27-29(33(31)32)30(3,4)5/h25-26,28-29H,6-24,27H2,1-5H3/q+1/b26-25-. The van der Waals surface area contributed by atoms with Crippen LogP contribution >= 0.6 is 8.03 Å². The van der Waals surface area contributed by atoms with Crippen LogP contribution in [0.3, 0.4) is 0 Å². The Morgan fingerprint density at radius 2 is 1.06 bits per heavy atom. The SMILES string of the molecule is CCCCCCCCCCCCCCCCCCCC/C=C\C(C)CC([P+](=O)[O-])[N+](C)(C)C. The van der Waals surface area contributed by atoms with Crippen molar-refractivity contribution < 1.29 is 13.9 Å². The van der Waals surface area contributed by atoms with Gasteiger partial charge < -0.3 is 4.89 Å². The number of hydrogen-bond donors (Lipinski definition) is 0. The van der Waals surface area contributed by atoms with Gasteiger partial charge >= 0.3 is 8.03 Å². The highest BCUT2D eigenvalue weighted by molar-refractivity contribution is 7.37. The molecule has 3 unspecified atom stereocenters. The van der Waals surface area contributed by atoms with Crippen molar-refractivity contribution in [3.8, 4) is 0 Å². The summed E-state index contributed by atoms with van der Waals surface area (Å²) >= 11 is 0. The molecule has 0 heterocycles. The minimum absolute atomic E-state index is 0.301. The maximum absolute atomic E-state index is 11.5. The highest BCUT2D eigenvalue weighted by atomic mass is 31.1. The minimum atomic E-state index is -2.39. The number of quaternary nitrogens is 1. The van der Waals surface area contributed by atoms with Crippen molar-refractivity contribution >= 4 is 8.03 Å². The van der Waals surface area contributed by atoms with Gasteiger partial charge in [0.05, 0.1) is 27.6 Å². The van der Waals surface area contributed by atoms with Crippen LogP contribution in [0.25, 0.3) is 0 Å². The minimum Gasteiger partial charge on any atom is -0.591 e. The van der Waals surface area contributed by atoms with Crippen molar-refractivity contribution in [3.63, 3.8) is 0 Å². The molecule has 0 aromatic heterocycles. The Bertz CT molecular complexity index is 473. The summed E-state index contributed by atoms with van der Waals surface area (Å²) in [5.74, 6) is 0.0144. The maximum atomic E-state index is 11.5. The van der Waals surface area contributed by atoms with Crippen molar-refractivity contribution in [3.05, 3.63) is 12.2 Å². The van der Waals surface area contributed by atoms with Crippen LogP contribution in [0.15, 0.2) is 12.2 Å². The molecule has 33 heavy (non-hydrogen) atoms. The van der Waals surface area contributed by atoms with Crippen LogP contribution in [0.2, 0.25) is 0 Å². The molecular formula is C29H59NO2P+. The molecule has 0 radical (unpaired) electrons. The molecule has 3 atom stereocenters. The van der Waals surface area contributed by atoms with Crippen LogP contribution < -0.4 is 4.89 Å². The summed E-state index contributed by atoms with van der Waals surface area (Å²) in [6.07, 6.45) is 31.7. The fraction of sp³-hybridized carbons (Fsp3) is 0.931. The van der Waals surface area contributed by atoms with Crippen LogP contribution in [0.1, 0.15) is 142 Å². The molecule has 0 aliphatic carbocycles. The Hall–Kier alpha value is -0.240. The van der Waals surface area contributed by atoms with E-state index < -0.39 is 8.03 Å². The van der Waals surface area contributed by atoms with E-state index in [0.29, 0.717) is 16.8 Å². The van der Waals surface area contributed by atoms with Gasteiger partial charge in [0.25, 0.3) is 5.78 Å². The first kappa shape index (κ1) is 32.8. The van der Waals surface area contributed by atoms with Gasteiger partial charge in [-0.25, -0.2) is 0 Å². The first-order valence-electron chi connectivity index (χ1n) is 14.4. The van der Waals surface area contributed by atoms with Gasteiger partial charge in [0.1, 0.15) is 0 Å². The van der Waals surface area contributed by atoms with Crippen molar-refractivity contribution in [1.29, 1.82) is 0 Å². The van der Waals surface area contributed by atoms with Crippen molar-refractivity contribution in [1.82, 2.24) is 0 Å². The number of nitrogens with zero attached hydrogens (tertiary/aromatic N) is 1. The second-order valence-electron chi connectivity index (χ2n) is 11.3. The lowest BCUT2D eigenvalue weighted by atomic mass is 10.0. The predicted molar refractivity (Wildman–Crippen MR) is 146 cm³/mol. The topological polar surface area (TPSA) is 40.1 Å². The Kier molecular flexibility index (Phi) is 22.1. The average molecular weight is 485 g/mol.